The first-order valence-electron chi connectivity index (χ1n) is 10.2. The molecule has 6 nitrogen and oxygen atoms in total. The zero-order valence-corrected chi connectivity index (χ0v) is 15.7. The van der Waals surface area contributed by atoms with Crippen LogP contribution in [0.4, 0.5) is 0 Å². The van der Waals surface area contributed by atoms with Crippen LogP contribution in [0, 0.1) is 0 Å². The third-order valence-electron chi connectivity index (χ3n) is 6.38. The molecule has 1 aliphatic carbocycles. The van der Waals surface area contributed by atoms with Gasteiger partial charge < -0.3 is 9.30 Å². The predicted molar refractivity (Wildman–Crippen MR) is 97.5 cm³/mol. The first kappa shape index (κ1) is 17.4. The lowest BCUT2D eigenvalue weighted by Crippen LogP contribution is -2.43. The van der Waals surface area contributed by atoms with E-state index in [0.29, 0.717) is 5.92 Å². The minimum atomic E-state index is 0.548. The summed E-state index contributed by atoms with van der Waals surface area (Å²) in [6, 6.07) is 0.817. The molecule has 1 aromatic rings. The largest absolute Gasteiger partial charge is 0.379 e. The first-order chi connectivity index (χ1) is 12.3. The molecule has 140 valence electrons. The summed E-state index contributed by atoms with van der Waals surface area (Å²) in [5.41, 5.74) is 0. The summed E-state index contributed by atoms with van der Waals surface area (Å²) >= 11 is 0. The quantitative estimate of drug-likeness (QED) is 0.835. The molecular weight excluding hydrogens is 314 g/mol. The van der Waals surface area contributed by atoms with Gasteiger partial charge in [-0.05, 0) is 32.2 Å². The van der Waals surface area contributed by atoms with Crippen molar-refractivity contribution in [3.05, 3.63) is 11.6 Å². The van der Waals surface area contributed by atoms with Crippen molar-refractivity contribution in [1.29, 1.82) is 0 Å². The van der Waals surface area contributed by atoms with Gasteiger partial charge in [-0.15, -0.1) is 10.2 Å². The maximum absolute atomic E-state index is 5.45. The molecule has 0 amide bonds. The van der Waals surface area contributed by atoms with Crippen molar-refractivity contribution in [3.8, 4) is 0 Å². The Balaban J connectivity index is 1.40. The summed E-state index contributed by atoms with van der Waals surface area (Å²) in [6.45, 7) is 7.02. The maximum Gasteiger partial charge on any atom is 0.146 e. The van der Waals surface area contributed by atoms with Crippen molar-refractivity contribution in [2.75, 3.05) is 39.4 Å². The van der Waals surface area contributed by atoms with Crippen molar-refractivity contribution in [1.82, 2.24) is 24.6 Å². The number of morpholine rings is 1. The van der Waals surface area contributed by atoms with Crippen LogP contribution in [0.3, 0.4) is 0 Å². The van der Waals surface area contributed by atoms with Crippen LogP contribution >= 0.6 is 0 Å². The van der Waals surface area contributed by atoms with E-state index in [1.165, 1.54) is 63.9 Å². The highest BCUT2D eigenvalue weighted by molar-refractivity contribution is 5.04. The molecule has 6 heteroatoms. The van der Waals surface area contributed by atoms with Crippen LogP contribution < -0.4 is 0 Å². The van der Waals surface area contributed by atoms with Crippen molar-refractivity contribution in [2.45, 2.75) is 63.5 Å². The Hall–Kier alpha value is -0.980. The first-order valence-corrected chi connectivity index (χ1v) is 10.2. The average Bonchev–Trinajstić information content (AvgIpc) is 3.04. The van der Waals surface area contributed by atoms with Gasteiger partial charge in [0.05, 0.1) is 19.8 Å². The fourth-order valence-corrected chi connectivity index (χ4v) is 4.82. The van der Waals surface area contributed by atoms with E-state index in [1.54, 1.807) is 0 Å². The van der Waals surface area contributed by atoms with Crippen molar-refractivity contribution >= 4 is 0 Å². The lowest BCUT2D eigenvalue weighted by atomic mass is 9.90. The van der Waals surface area contributed by atoms with Crippen molar-refractivity contribution in [3.63, 3.8) is 0 Å². The third kappa shape index (κ3) is 4.07. The van der Waals surface area contributed by atoms with E-state index in [1.807, 2.05) is 0 Å². The van der Waals surface area contributed by atoms with E-state index >= 15 is 0 Å². The molecule has 0 unspecified atom stereocenters. The second kappa shape index (κ2) is 8.14. The highest BCUT2D eigenvalue weighted by Crippen LogP contribution is 2.31. The van der Waals surface area contributed by atoms with Crippen molar-refractivity contribution < 1.29 is 4.74 Å². The summed E-state index contributed by atoms with van der Waals surface area (Å²) in [5, 5.41) is 9.15. The van der Waals surface area contributed by atoms with Crippen LogP contribution in [0.2, 0.25) is 0 Å². The number of likely N-dealkylation sites (tertiary alicyclic amines) is 1. The van der Waals surface area contributed by atoms with Gasteiger partial charge in [0.25, 0.3) is 0 Å². The van der Waals surface area contributed by atoms with Crippen molar-refractivity contribution in [2.24, 2.45) is 7.05 Å². The summed E-state index contributed by atoms with van der Waals surface area (Å²) < 4.78 is 7.72. The van der Waals surface area contributed by atoms with E-state index in [0.717, 1.165) is 44.7 Å². The number of hydrogen-bond donors (Lipinski definition) is 0. The van der Waals surface area contributed by atoms with E-state index in [2.05, 4.69) is 31.6 Å². The Morgan fingerprint density at radius 3 is 2.56 bits per heavy atom. The van der Waals surface area contributed by atoms with E-state index < -0.39 is 0 Å². The summed E-state index contributed by atoms with van der Waals surface area (Å²) in [5.74, 6) is 2.85. The normalized spacial score (nSPS) is 27.6. The maximum atomic E-state index is 5.45. The second-order valence-corrected chi connectivity index (χ2v) is 8.05. The molecule has 1 aromatic heterocycles. The molecule has 0 N–H and O–H groups in total. The van der Waals surface area contributed by atoms with Gasteiger partial charge in [0.1, 0.15) is 11.6 Å². The summed E-state index contributed by atoms with van der Waals surface area (Å²) in [7, 11) is 2.16. The molecule has 3 heterocycles. The molecule has 4 rings (SSSR count). The van der Waals surface area contributed by atoms with Gasteiger partial charge in [0.15, 0.2) is 0 Å². The zero-order chi connectivity index (χ0) is 17.1. The fraction of sp³-hybridized carbons (Fsp3) is 0.895. The van der Waals surface area contributed by atoms with Gasteiger partial charge in [-0.25, -0.2) is 0 Å². The number of rotatable bonds is 4. The van der Waals surface area contributed by atoms with Crippen LogP contribution in [0.5, 0.6) is 0 Å². The van der Waals surface area contributed by atoms with Gasteiger partial charge in [0, 0.05) is 38.6 Å². The number of nitrogens with zero attached hydrogens (tertiary/aromatic N) is 5. The Morgan fingerprint density at radius 2 is 1.76 bits per heavy atom. The zero-order valence-electron chi connectivity index (χ0n) is 15.7. The Labute approximate surface area is 151 Å². The van der Waals surface area contributed by atoms with E-state index in [-0.39, 0.29) is 0 Å². The van der Waals surface area contributed by atoms with E-state index in [9.17, 15) is 0 Å². The smallest absolute Gasteiger partial charge is 0.146 e. The molecule has 3 fully saturated rings. The van der Waals surface area contributed by atoms with Gasteiger partial charge >= 0.3 is 0 Å². The SMILES string of the molecule is Cn1c(CN2CCOCC2)nnc1[C@H]1CCCN(C2CCCCC2)C1. The molecule has 1 saturated carbocycles. The molecular formula is C19H33N5O. The number of piperidine rings is 1. The molecule has 3 aliphatic rings. The highest BCUT2D eigenvalue weighted by atomic mass is 16.5. The third-order valence-corrected chi connectivity index (χ3v) is 6.38. The molecule has 2 saturated heterocycles. The average molecular weight is 348 g/mol. The van der Waals surface area contributed by atoms with Gasteiger partial charge in [-0.3, -0.25) is 9.80 Å². The Kier molecular flexibility index (Phi) is 5.68. The van der Waals surface area contributed by atoms with Crippen LogP contribution in [-0.2, 0) is 18.3 Å². The molecule has 2 aliphatic heterocycles. The van der Waals surface area contributed by atoms with E-state index in [4.69, 9.17) is 4.74 Å². The minimum absolute atomic E-state index is 0.548. The highest BCUT2D eigenvalue weighted by Gasteiger charge is 2.30. The monoisotopic (exact) mass is 347 g/mol. The Morgan fingerprint density at radius 1 is 0.960 bits per heavy atom. The Bertz CT molecular complexity index is 548. The van der Waals surface area contributed by atoms with Gasteiger partial charge in [-0.1, -0.05) is 19.3 Å². The molecule has 0 aromatic carbocycles. The topological polar surface area (TPSA) is 46.4 Å². The fourth-order valence-electron chi connectivity index (χ4n) is 4.82. The standard InChI is InChI=1S/C19H33N5O/c1-22-18(15-23-10-12-25-13-11-23)20-21-19(22)16-6-5-9-24(14-16)17-7-3-2-4-8-17/h16-17H,2-15H2,1H3/t16-/m0/s1. The lowest BCUT2D eigenvalue weighted by Gasteiger charge is -2.39. The number of ether oxygens (including phenoxy) is 1. The molecule has 0 bridgehead atoms. The number of aromatic nitrogens is 3. The molecule has 1 atom stereocenters. The predicted octanol–water partition coefficient (Wildman–Crippen LogP) is 2.16. The summed E-state index contributed by atoms with van der Waals surface area (Å²) in [4.78, 5) is 5.18. The second-order valence-electron chi connectivity index (χ2n) is 8.05. The van der Waals surface area contributed by atoms with Gasteiger partial charge in [-0.2, -0.15) is 0 Å². The summed E-state index contributed by atoms with van der Waals surface area (Å²) in [6.07, 6.45) is 9.61. The van der Waals surface area contributed by atoms with Gasteiger partial charge in [0.2, 0.25) is 0 Å². The lowest BCUT2D eigenvalue weighted by molar-refractivity contribution is 0.0326. The van der Waals surface area contributed by atoms with Crippen LogP contribution in [0.1, 0.15) is 62.5 Å². The minimum Gasteiger partial charge on any atom is -0.379 e. The molecule has 0 spiro atoms. The number of hydrogen-bond acceptors (Lipinski definition) is 5. The van der Waals surface area contributed by atoms with Crippen LogP contribution in [0.15, 0.2) is 0 Å². The molecule has 25 heavy (non-hydrogen) atoms. The molecule has 0 radical (unpaired) electrons. The van der Waals surface area contributed by atoms with Crippen LogP contribution in [0.25, 0.3) is 0 Å². The van der Waals surface area contributed by atoms with Crippen LogP contribution in [-0.4, -0.2) is 70.0 Å².